The maximum absolute atomic E-state index is 5.80. The summed E-state index contributed by atoms with van der Waals surface area (Å²) in [6, 6.07) is 7.76. The molecule has 0 aliphatic rings. The molecule has 6 heteroatoms. The van der Waals surface area contributed by atoms with Gasteiger partial charge in [0.05, 0.1) is 23.3 Å². The maximum Gasteiger partial charge on any atom is 0.160 e. The molecule has 1 aromatic carbocycles. The average molecular weight is 295 g/mol. The van der Waals surface area contributed by atoms with E-state index in [1.807, 2.05) is 31.2 Å². The third-order valence-electron chi connectivity index (χ3n) is 2.28. The number of benzene rings is 1. The van der Waals surface area contributed by atoms with Gasteiger partial charge in [-0.15, -0.1) is 19.0 Å². The van der Waals surface area contributed by atoms with Crippen molar-refractivity contribution in [3.63, 3.8) is 0 Å². The predicted molar refractivity (Wildman–Crippen MR) is 84.1 cm³/mol. The minimum Gasteiger partial charge on any atom is -0.378 e. The minimum atomic E-state index is 0. The number of fused-ring (bicyclic) bond motifs is 1. The Morgan fingerprint density at radius 2 is 2.00 bits per heavy atom. The Morgan fingerprint density at radius 1 is 1.37 bits per heavy atom. The first-order valence-corrected chi connectivity index (χ1v) is 6.34. The number of nitrogens with two attached hydrogens (primary N) is 1. The van der Waals surface area contributed by atoms with Crippen LogP contribution in [0.4, 0.5) is 0 Å². The molecule has 0 saturated heterocycles. The second kappa shape index (κ2) is 7.11. The van der Waals surface area contributed by atoms with Crippen LogP contribution in [0.2, 0.25) is 0 Å². The lowest BCUT2D eigenvalue weighted by Crippen LogP contribution is -2.08. The van der Waals surface area contributed by atoms with Gasteiger partial charge in [-0.2, -0.15) is 0 Å². The monoisotopic (exact) mass is 294 g/mol. The molecule has 2 N–H and O–H groups in total. The minimum absolute atomic E-state index is 0. The van der Waals surface area contributed by atoms with Gasteiger partial charge in [0, 0.05) is 0 Å². The molecule has 0 aliphatic carbocycles. The SMILES string of the molecule is C=CCN=C(N)Sc1nc2ccccc2nc1C.Cl. The molecule has 0 spiro atoms. The van der Waals surface area contributed by atoms with E-state index >= 15 is 0 Å². The van der Waals surface area contributed by atoms with Crippen molar-refractivity contribution < 1.29 is 0 Å². The van der Waals surface area contributed by atoms with E-state index in [9.17, 15) is 0 Å². The largest absolute Gasteiger partial charge is 0.378 e. The Balaban J connectivity index is 0.00000180. The van der Waals surface area contributed by atoms with Gasteiger partial charge in [0.2, 0.25) is 0 Å². The van der Waals surface area contributed by atoms with Crippen molar-refractivity contribution in [1.29, 1.82) is 0 Å². The molecule has 0 fully saturated rings. The van der Waals surface area contributed by atoms with E-state index in [1.165, 1.54) is 11.8 Å². The molecule has 100 valence electrons. The number of rotatable bonds is 3. The number of halogens is 1. The van der Waals surface area contributed by atoms with Crippen LogP contribution in [0, 0.1) is 6.92 Å². The van der Waals surface area contributed by atoms with Gasteiger partial charge in [-0.3, -0.25) is 4.99 Å². The van der Waals surface area contributed by atoms with Crippen molar-refractivity contribution in [3.8, 4) is 0 Å². The summed E-state index contributed by atoms with van der Waals surface area (Å²) in [5.41, 5.74) is 8.41. The normalized spacial score (nSPS) is 11.1. The molecule has 0 bridgehead atoms. The van der Waals surface area contributed by atoms with Crippen molar-refractivity contribution in [2.24, 2.45) is 10.7 Å². The molecule has 1 heterocycles. The third kappa shape index (κ3) is 3.94. The second-order valence-electron chi connectivity index (χ2n) is 3.67. The van der Waals surface area contributed by atoms with E-state index in [-0.39, 0.29) is 12.4 Å². The van der Waals surface area contributed by atoms with E-state index in [2.05, 4.69) is 21.5 Å². The summed E-state index contributed by atoms with van der Waals surface area (Å²) in [4.78, 5) is 13.2. The predicted octanol–water partition coefficient (Wildman–Crippen LogP) is 2.95. The average Bonchev–Trinajstić information content (AvgIpc) is 2.37. The summed E-state index contributed by atoms with van der Waals surface area (Å²) in [5.74, 6) is 0. The molecule has 2 aromatic rings. The number of aryl methyl sites for hydroxylation is 1. The zero-order chi connectivity index (χ0) is 13.0. The highest BCUT2D eigenvalue weighted by molar-refractivity contribution is 8.13. The van der Waals surface area contributed by atoms with Crippen LogP contribution < -0.4 is 5.73 Å². The quantitative estimate of drug-likeness (QED) is 0.409. The Bertz CT molecular complexity index is 613. The highest BCUT2D eigenvalue weighted by Crippen LogP contribution is 2.21. The Kier molecular flexibility index (Phi) is 5.79. The topological polar surface area (TPSA) is 64.2 Å². The molecular formula is C13H15ClN4S. The summed E-state index contributed by atoms with van der Waals surface area (Å²) < 4.78 is 0. The van der Waals surface area contributed by atoms with Gasteiger partial charge in [0.15, 0.2) is 5.17 Å². The zero-order valence-corrected chi connectivity index (χ0v) is 12.2. The number of amidine groups is 1. The van der Waals surface area contributed by atoms with Gasteiger partial charge < -0.3 is 5.73 Å². The first-order chi connectivity index (χ1) is 8.70. The second-order valence-corrected chi connectivity index (χ2v) is 4.68. The van der Waals surface area contributed by atoms with Gasteiger partial charge in [0.1, 0.15) is 5.03 Å². The number of hydrogen-bond donors (Lipinski definition) is 1. The Hall–Kier alpha value is -1.59. The highest BCUT2D eigenvalue weighted by atomic mass is 35.5. The molecule has 4 nitrogen and oxygen atoms in total. The fraction of sp³-hybridized carbons (Fsp3) is 0.154. The van der Waals surface area contributed by atoms with E-state index < -0.39 is 0 Å². The van der Waals surface area contributed by atoms with Crippen LogP contribution >= 0.6 is 24.2 Å². The van der Waals surface area contributed by atoms with Crippen LogP contribution in [0.5, 0.6) is 0 Å². The van der Waals surface area contributed by atoms with Crippen molar-refractivity contribution in [2.45, 2.75) is 11.9 Å². The molecule has 0 saturated carbocycles. The Morgan fingerprint density at radius 3 is 2.63 bits per heavy atom. The van der Waals surface area contributed by atoms with E-state index in [0.717, 1.165) is 21.8 Å². The zero-order valence-electron chi connectivity index (χ0n) is 10.5. The highest BCUT2D eigenvalue weighted by Gasteiger charge is 2.07. The van der Waals surface area contributed by atoms with Gasteiger partial charge in [0.25, 0.3) is 0 Å². The number of hydrogen-bond acceptors (Lipinski definition) is 4. The molecule has 0 amide bonds. The number of thioether (sulfide) groups is 1. The smallest absolute Gasteiger partial charge is 0.160 e. The van der Waals surface area contributed by atoms with Gasteiger partial charge in [-0.05, 0) is 30.8 Å². The van der Waals surface area contributed by atoms with Crippen LogP contribution in [0.25, 0.3) is 11.0 Å². The van der Waals surface area contributed by atoms with Crippen LogP contribution in [0.15, 0.2) is 46.9 Å². The van der Waals surface area contributed by atoms with Gasteiger partial charge in [-0.1, -0.05) is 18.2 Å². The molecule has 0 radical (unpaired) electrons. The molecular weight excluding hydrogens is 280 g/mol. The summed E-state index contributed by atoms with van der Waals surface area (Å²) in [5, 5.41) is 1.27. The van der Waals surface area contributed by atoms with Crippen LogP contribution in [0.3, 0.4) is 0 Å². The molecule has 1 aromatic heterocycles. The third-order valence-corrected chi connectivity index (χ3v) is 3.20. The van der Waals surface area contributed by atoms with Crippen LogP contribution in [-0.2, 0) is 0 Å². The summed E-state index contributed by atoms with van der Waals surface area (Å²) in [6.07, 6.45) is 1.70. The van der Waals surface area contributed by atoms with Crippen molar-refractivity contribution in [3.05, 3.63) is 42.6 Å². The van der Waals surface area contributed by atoms with Crippen molar-refractivity contribution in [2.75, 3.05) is 6.54 Å². The van der Waals surface area contributed by atoms with Crippen LogP contribution in [-0.4, -0.2) is 21.7 Å². The number of aliphatic imine (C=N–C) groups is 1. The maximum atomic E-state index is 5.80. The molecule has 0 unspecified atom stereocenters. The molecule has 19 heavy (non-hydrogen) atoms. The summed E-state index contributed by atoms with van der Waals surface area (Å²) in [7, 11) is 0. The first-order valence-electron chi connectivity index (χ1n) is 5.53. The van der Waals surface area contributed by atoms with E-state index in [4.69, 9.17) is 5.73 Å². The fourth-order valence-corrected chi connectivity index (χ4v) is 2.13. The molecule has 0 aliphatic heterocycles. The number of aromatic nitrogens is 2. The van der Waals surface area contributed by atoms with Crippen molar-refractivity contribution >= 4 is 40.4 Å². The molecule has 2 rings (SSSR count). The van der Waals surface area contributed by atoms with Gasteiger partial charge in [-0.25, -0.2) is 9.97 Å². The van der Waals surface area contributed by atoms with E-state index in [0.29, 0.717) is 11.7 Å². The van der Waals surface area contributed by atoms with Crippen molar-refractivity contribution in [1.82, 2.24) is 9.97 Å². The lowest BCUT2D eigenvalue weighted by molar-refractivity contribution is 1.04. The van der Waals surface area contributed by atoms with Crippen LogP contribution in [0.1, 0.15) is 5.69 Å². The number of para-hydroxylation sites is 2. The lowest BCUT2D eigenvalue weighted by atomic mass is 10.3. The van der Waals surface area contributed by atoms with Gasteiger partial charge >= 0.3 is 0 Å². The Labute approximate surface area is 122 Å². The van der Waals surface area contributed by atoms with E-state index in [1.54, 1.807) is 6.08 Å². The summed E-state index contributed by atoms with van der Waals surface area (Å²) in [6.45, 7) is 6.03. The lowest BCUT2D eigenvalue weighted by Gasteiger charge is -2.05. The first kappa shape index (κ1) is 15.5. The fourth-order valence-electron chi connectivity index (χ4n) is 1.45. The standard InChI is InChI=1S/C13H14N4S.ClH/c1-3-8-15-13(14)18-12-9(2)16-10-6-4-5-7-11(10)17-12;/h3-7H,1,8H2,2H3,(H2,14,15);1H. The summed E-state index contributed by atoms with van der Waals surface area (Å²) >= 11 is 1.33. The molecule has 0 atom stereocenters. The number of nitrogens with zero attached hydrogens (tertiary/aromatic N) is 3.